The fourth-order valence-corrected chi connectivity index (χ4v) is 2.03. The number of aryl methyl sites for hydroxylation is 1. The fourth-order valence-electron chi connectivity index (χ4n) is 2.03. The molecule has 3 rings (SSSR count). The standard InChI is InChI=1S/C13H16N6/c1-18-9-7-15-13(18)10-14-6-5-12-17-16-11-4-2-3-8-19(11)12/h2-4,7-9,14H,5-6,10H2,1H3. The second-order valence-corrected chi connectivity index (χ2v) is 4.43. The molecule has 0 saturated heterocycles. The third-order valence-corrected chi connectivity index (χ3v) is 3.11. The van der Waals surface area contributed by atoms with Gasteiger partial charge in [0, 0.05) is 38.6 Å². The van der Waals surface area contributed by atoms with Crippen molar-refractivity contribution in [3.63, 3.8) is 0 Å². The number of nitrogens with one attached hydrogen (secondary N) is 1. The molecule has 0 fully saturated rings. The monoisotopic (exact) mass is 256 g/mol. The Morgan fingerprint density at radius 2 is 2.11 bits per heavy atom. The molecule has 0 saturated carbocycles. The van der Waals surface area contributed by atoms with Gasteiger partial charge in [0.05, 0.1) is 6.54 Å². The van der Waals surface area contributed by atoms with E-state index in [4.69, 9.17) is 0 Å². The number of hydrogen-bond acceptors (Lipinski definition) is 4. The van der Waals surface area contributed by atoms with Crippen molar-refractivity contribution in [2.45, 2.75) is 13.0 Å². The summed E-state index contributed by atoms with van der Waals surface area (Å²) in [6, 6.07) is 5.91. The summed E-state index contributed by atoms with van der Waals surface area (Å²) in [5.74, 6) is 2.01. The highest BCUT2D eigenvalue weighted by molar-refractivity contribution is 5.36. The molecule has 0 unspecified atom stereocenters. The van der Waals surface area contributed by atoms with Gasteiger partial charge in [-0.3, -0.25) is 4.40 Å². The third-order valence-electron chi connectivity index (χ3n) is 3.11. The molecule has 0 aromatic carbocycles. The first-order chi connectivity index (χ1) is 9.34. The van der Waals surface area contributed by atoms with Crippen molar-refractivity contribution in [2.24, 2.45) is 7.05 Å². The molecule has 0 atom stereocenters. The van der Waals surface area contributed by atoms with E-state index in [1.165, 1.54) is 0 Å². The van der Waals surface area contributed by atoms with Gasteiger partial charge in [0.15, 0.2) is 5.65 Å². The lowest BCUT2D eigenvalue weighted by molar-refractivity contribution is 0.626. The normalized spacial score (nSPS) is 11.2. The van der Waals surface area contributed by atoms with E-state index in [0.717, 1.165) is 36.8 Å². The zero-order chi connectivity index (χ0) is 13.1. The Labute approximate surface area is 111 Å². The second kappa shape index (κ2) is 5.19. The SMILES string of the molecule is Cn1ccnc1CNCCc1nnc2ccccn12. The maximum Gasteiger partial charge on any atom is 0.160 e. The molecular weight excluding hydrogens is 240 g/mol. The van der Waals surface area contributed by atoms with Crippen LogP contribution >= 0.6 is 0 Å². The molecule has 0 amide bonds. The Bertz CT molecular complexity index is 668. The van der Waals surface area contributed by atoms with E-state index in [0.29, 0.717) is 0 Å². The predicted octanol–water partition coefficient (Wildman–Crippen LogP) is 0.795. The topological polar surface area (TPSA) is 60.0 Å². The van der Waals surface area contributed by atoms with Crippen molar-refractivity contribution in [3.05, 3.63) is 48.4 Å². The average Bonchev–Trinajstić information content (AvgIpc) is 3.02. The van der Waals surface area contributed by atoms with Gasteiger partial charge in [0.25, 0.3) is 0 Å². The Hall–Kier alpha value is -2.21. The average molecular weight is 256 g/mol. The molecular formula is C13H16N6. The fraction of sp³-hybridized carbons (Fsp3) is 0.308. The van der Waals surface area contributed by atoms with Gasteiger partial charge in [0.2, 0.25) is 0 Å². The molecule has 3 aromatic rings. The lowest BCUT2D eigenvalue weighted by Crippen LogP contribution is -2.19. The summed E-state index contributed by atoms with van der Waals surface area (Å²) in [6.07, 6.45) is 6.59. The van der Waals surface area contributed by atoms with Gasteiger partial charge in [0.1, 0.15) is 11.6 Å². The quantitative estimate of drug-likeness (QED) is 0.686. The van der Waals surface area contributed by atoms with Crippen LogP contribution in [-0.2, 0) is 20.0 Å². The van der Waals surface area contributed by atoms with Crippen LogP contribution in [0, 0.1) is 0 Å². The predicted molar refractivity (Wildman–Crippen MR) is 71.6 cm³/mol. The highest BCUT2D eigenvalue weighted by Crippen LogP contribution is 2.03. The number of nitrogens with zero attached hydrogens (tertiary/aromatic N) is 5. The number of hydrogen-bond donors (Lipinski definition) is 1. The summed E-state index contributed by atoms with van der Waals surface area (Å²) in [4.78, 5) is 4.27. The van der Waals surface area contributed by atoms with Crippen molar-refractivity contribution < 1.29 is 0 Å². The van der Waals surface area contributed by atoms with Crippen molar-refractivity contribution in [3.8, 4) is 0 Å². The molecule has 98 valence electrons. The zero-order valence-electron chi connectivity index (χ0n) is 10.8. The molecule has 0 aliphatic heterocycles. The minimum absolute atomic E-state index is 0.764. The number of aromatic nitrogens is 5. The highest BCUT2D eigenvalue weighted by atomic mass is 15.2. The van der Waals surface area contributed by atoms with E-state index < -0.39 is 0 Å². The van der Waals surface area contributed by atoms with Gasteiger partial charge in [-0.05, 0) is 12.1 Å². The van der Waals surface area contributed by atoms with Crippen LogP contribution in [0.1, 0.15) is 11.6 Å². The van der Waals surface area contributed by atoms with Gasteiger partial charge >= 0.3 is 0 Å². The summed E-state index contributed by atoms with van der Waals surface area (Å²) in [5.41, 5.74) is 0.890. The molecule has 0 radical (unpaired) electrons. The molecule has 1 N–H and O–H groups in total. The lowest BCUT2D eigenvalue weighted by Gasteiger charge is -2.04. The van der Waals surface area contributed by atoms with Crippen LogP contribution in [0.2, 0.25) is 0 Å². The van der Waals surface area contributed by atoms with Crippen molar-refractivity contribution >= 4 is 5.65 Å². The van der Waals surface area contributed by atoms with Gasteiger partial charge < -0.3 is 9.88 Å². The van der Waals surface area contributed by atoms with E-state index in [9.17, 15) is 0 Å². The van der Waals surface area contributed by atoms with Crippen LogP contribution in [0.25, 0.3) is 5.65 Å². The number of fused-ring (bicyclic) bond motifs is 1. The van der Waals surface area contributed by atoms with Crippen LogP contribution < -0.4 is 5.32 Å². The summed E-state index contributed by atoms with van der Waals surface area (Å²) >= 11 is 0. The molecule has 6 nitrogen and oxygen atoms in total. The molecule has 3 aromatic heterocycles. The van der Waals surface area contributed by atoms with Crippen LogP contribution in [0.4, 0.5) is 0 Å². The smallest absolute Gasteiger partial charge is 0.160 e. The molecule has 19 heavy (non-hydrogen) atoms. The van der Waals surface area contributed by atoms with E-state index in [1.54, 1.807) is 0 Å². The number of rotatable bonds is 5. The Balaban J connectivity index is 1.57. The first-order valence-corrected chi connectivity index (χ1v) is 6.30. The van der Waals surface area contributed by atoms with E-state index in [-0.39, 0.29) is 0 Å². The molecule has 0 spiro atoms. The maximum absolute atomic E-state index is 4.27. The van der Waals surface area contributed by atoms with E-state index in [1.807, 2.05) is 52.8 Å². The molecule has 0 aliphatic rings. The Kier molecular flexibility index (Phi) is 3.24. The van der Waals surface area contributed by atoms with Crippen molar-refractivity contribution in [1.29, 1.82) is 0 Å². The first kappa shape index (κ1) is 11.9. The molecule has 0 aliphatic carbocycles. The van der Waals surface area contributed by atoms with Crippen molar-refractivity contribution in [2.75, 3.05) is 6.54 Å². The highest BCUT2D eigenvalue weighted by Gasteiger charge is 2.04. The van der Waals surface area contributed by atoms with E-state index in [2.05, 4.69) is 20.5 Å². The minimum Gasteiger partial charge on any atom is -0.337 e. The summed E-state index contributed by atoms with van der Waals surface area (Å²) in [7, 11) is 2.00. The Morgan fingerprint density at radius 3 is 2.95 bits per heavy atom. The third kappa shape index (κ3) is 2.48. The van der Waals surface area contributed by atoms with E-state index >= 15 is 0 Å². The second-order valence-electron chi connectivity index (χ2n) is 4.43. The van der Waals surface area contributed by atoms with Crippen LogP contribution in [0.3, 0.4) is 0 Å². The lowest BCUT2D eigenvalue weighted by atomic mass is 10.4. The summed E-state index contributed by atoms with van der Waals surface area (Å²) in [5, 5.41) is 11.7. The van der Waals surface area contributed by atoms with Crippen LogP contribution in [0.15, 0.2) is 36.8 Å². The minimum atomic E-state index is 0.764. The van der Waals surface area contributed by atoms with Gasteiger partial charge in [-0.1, -0.05) is 6.07 Å². The number of pyridine rings is 1. The largest absolute Gasteiger partial charge is 0.337 e. The van der Waals surface area contributed by atoms with Gasteiger partial charge in [-0.2, -0.15) is 0 Å². The zero-order valence-corrected chi connectivity index (χ0v) is 10.8. The summed E-state index contributed by atoms with van der Waals surface area (Å²) in [6.45, 7) is 1.61. The summed E-state index contributed by atoms with van der Waals surface area (Å²) < 4.78 is 4.03. The maximum atomic E-state index is 4.27. The molecule has 3 heterocycles. The van der Waals surface area contributed by atoms with Crippen molar-refractivity contribution in [1.82, 2.24) is 29.5 Å². The molecule has 6 heteroatoms. The van der Waals surface area contributed by atoms with Crippen LogP contribution in [0.5, 0.6) is 0 Å². The van der Waals surface area contributed by atoms with Gasteiger partial charge in [-0.15, -0.1) is 10.2 Å². The van der Waals surface area contributed by atoms with Crippen LogP contribution in [-0.4, -0.2) is 30.7 Å². The number of imidazole rings is 1. The first-order valence-electron chi connectivity index (χ1n) is 6.30. The van der Waals surface area contributed by atoms with Gasteiger partial charge in [-0.25, -0.2) is 4.98 Å². The molecule has 0 bridgehead atoms. The Morgan fingerprint density at radius 1 is 1.16 bits per heavy atom.